The van der Waals surface area contributed by atoms with Crippen LogP contribution >= 0.6 is 0 Å². The molecule has 2 rings (SSSR count). The van der Waals surface area contributed by atoms with E-state index in [2.05, 4.69) is 10.1 Å². The fourth-order valence-corrected chi connectivity index (χ4v) is 1.96. The van der Waals surface area contributed by atoms with Crippen molar-refractivity contribution in [1.82, 2.24) is 14.8 Å². The highest BCUT2D eigenvalue weighted by atomic mass is 16.5. The van der Waals surface area contributed by atoms with Gasteiger partial charge in [0, 0.05) is 26.0 Å². The van der Waals surface area contributed by atoms with Crippen molar-refractivity contribution in [3.8, 4) is 0 Å². The summed E-state index contributed by atoms with van der Waals surface area (Å²) < 4.78 is 6.92. The molecule has 0 saturated heterocycles. The Bertz CT molecular complexity index is 324. The molecule has 5 nitrogen and oxygen atoms in total. The molecule has 15 heavy (non-hydrogen) atoms. The molecule has 0 amide bonds. The van der Waals surface area contributed by atoms with Crippen LogP contribution in [-0.2, 0) is 17.7 Å². The first-order valence-corrected chi connectivity index (χ1v) is 5.38. The number of fused-ring (bicyclic) bond motifs is 1. The normalized spacial score (nSPS) is 20.3. The van der Waals surface area contributed by atoms with Crippen LogP contribution in [0.25, 0.3) is 0 Å². The molecule has 0 bridgehead atoms. The minimum absolute atomic E-state index is 0.169. The van der Waals surface area contributed by atoms with Gasteiger partial charge in [-0.2, -0.15) is 5.10 Å². The number of aromatic nitrogens is 3. The molecular weight excluding hydrogens is 194 g/mol. The maximum Gasteiger partial charge on any atom is 0.153 e. The summed E-state index contributed by atoms with van der Waals surface area (Å²) in [6.07, 6.45) is 2.83. The highest BCUT2D eigenvalue weighted by Crippen LogP contribution is 2.24. The lowest BCUT2D eigenvalue weighted by Crippen LogP contribution is -2.19. The highest BCUT2D eigenvalue weighted by molar-refractivity contribution is 5.03. The molecule has 1 aliphatic heterocycles. The summed E-state index contributed by atoms with van der Waals surface area (Å²) in [5.41, 5.74) is 0. The van der Waals surface area contributed by atoms with Gasteiger partial charge in [0.25, 0.3) is 0 Å². The summed E-state index contributed by atoms with van der Waals surface area (Å²) in [7, 11) is 1.67. The Balaban J connectivity index is 2.14. The molecule has 1 atom stereocenters. The van der Waals surface area contributed by atoms with E-state index in [9.17, 15) is 5.11 Å². The van der Waals surface area contributed by atoms with E-state index < -0.39 is 0 Å². The smallest absolute Gasteiger partial charge is 0.153 e. The zero-order chi connectivity index (χ0) is 10.7. The third-order valence-electron chi connectivity index (χ3n) is 2.78. The Kier molecular flexibility index (Phi) is 3.33. The molecule has 0 spiro atoms. The van der Waals surface area contributed by atoms with Gasteiger partial charge >= 0.3 is 0 Å². The standard InChI is InChI=1S/C10H17N3O2/c1-15-6-4-9-11-10-8(7-14)3-2-5-13(10)12-9/h8,14H,2-7H2,1H3. The van der Waals surface area contributed by atoms with Crippen molar-refractivity contribution in [2.24, 2.45) is 0 Å². The van der Waals surface area contributed by atoms with Crippen molar-refractivity contribution >= 4 is 0 Å². The number of rotatable bonds is 4. The van der Waals surface area contributed by atoms with Crippen molar-refractivity contribution in [1.29, 1.82) is 0 Å². The lowest BCUT2D eigenvalue weighted by molar-refractivity contribution is 0.200. The van der Waals surface area contributed by atoms with E-state index in [-0.39, 0.29) is 12.5 Å². The van der Waals surface area contributed by atoms with Crippen LogP contribution in [0.5, 0.6) is 0 Å². The molecular formula is C10H17N3O2. The highest BCUT2D eigenvalue weighted by Gasteiger charge is 2.23. The fraction of sp³-hybridized carbons (Fsp3) is 0.800. The predicted molar refractivity (Wildman–Crippen MR) is 54.7 cm³/mol. The molecule has 1 aliphatic rings. The summed E-state index contributed by atoms with van der Waals surface area (Å²) in [5.74, 6) is 1.93. The van der Waals surface area contributed by atoms with E-state index in [0.717, 1.165) is 37.5 Å². The third-order valence-corrected chi connectivity index (χ3v) is 2.78. The molecule has 5 heteroatoms. The van der Waals surface area contributed by atoms with Crippen LogP contribution in [0.4, 0.5) is 0 Å². The molecule has 2 heterocycles. The molecule has 0 aliphatic carbocycles. The van der Waals surface area contributed by atoms with Crippen molar-refractivity contribution in [3.63, 3.8) is 0 Å². The second kappa shape index (κ2) is 4.72. The van der Waals surface area contributed by atoms with Gasteiger partial charge in [0.05, 0.1) is 13.2 Å². The Morgan fingerprint density at radius 1 is 1.60 bits per heavy atom. The van der Waals surface area contributed by atoms with Gasteiger partial charge in [-0.15, -0.1) is 0 Å². The van der Waals surface area contributed by atoms with Crippen LogP contribution < -0.4 is 0 Å². The molecule has 0 fully saturated rings. The van der Waals surface area contributed by atoms with Gasteiger partial charge < -0.3 is 9.84 Å². The molecule has 0 saturated carbocycles. The van der Waals surface area contributed by atoms with Crippen LogP contribution in [0.3, 0.4) is 0 Å². The fourth-order valence-electron chi connectivity index (χ4n) is 1.96. The molecule has 1 N–H and O–H groups in total. The van der Waals surface area contributed by atoms with E-state index in [4.69, 9.17) is 4.74 Å². The molecule has 0 aromatic carbocycles. The largest absolute Gasteiger partial charge is 0.396 e. The van der Waals surface area contributed by atoms with Crippen LogP contribution in [-0.4, -0.2) is 40.2 Å². The zero-order valence-electron chi connectivity index (χ0n) is 9.02. The topological polar surface area (TPSA) is 60.2 Å². The second-order valence-electron chi connectivity index (χ2n) is 3.87. The van der Waals surface area contributed by atoms with Crippen molar-refractivity contribution in [2.75, 3.05) is 20.3 Å². The maximum atomic E-state index is 9.22. The van der Waals surface area contributed by atoms with Crippen molar-refractivity contribution in [3.05, 3.63) is 11.6 Å². The van der Waals surface area contributed by atoms with E-state index in [1.807, 2.05) is 4.68 Å². The van der Waals surface area contributed by atoms with Gasteiger partial charge in [-0.1, -0.05) is 0 Å². The Hall–Kier alpha value is -0.940. The number of aliphatic hydroxyl groups excluding tert-OH is 1. The monoisotopic (exact) mass is 211 g/mol. The average Bonchev–Trinajstić information content (AvgIpc) is 2.68. The number of methoxy groups -OCH3 is 1. The number of aryl methyl sites for hydroxylation is 1. The van der Waals surface area contributed by atoms with E-state index in [0.29, 0.717) is 6.61 Å². The maximum absolute atomic E-state index is 9.22. The van der Waals surface area contributed by atoms with E-state index >= 15 is 0 Å². The van der Waals surface area contributed by atoms with Gasteiger partial charge in [-0.3, -0.25) is 0 Å². The number of aliphatic hydroxyl groups is 1. The van der Waals surface area contributed by atoms with Crippen LogP contribution in [0.15, 0.2) is 0 Å². The lowest BCUT2D eigenvalue weighted by atomic mass is 10.0. The summed E-state index contributed by atoms with van der Waals surface area (Å²) >= 11 is 0. The first-order chi connectivity index (χ1) is 7.35. The molecule has 1 aromatic heterocycles. The van der Waals surface area contributed by atoms with Crippen molar-refractivity contribution in [2.45, 2.75) is 31.7 Å². The summed E-state index contributed by atoms with van der Waals surface area (Å²) in [6.45, 7) is 1.74. The average molecular weight is 211 g/mol. The molecule has 84 valence electrons. The van der Waals surface area contributed by atoms with E-state index in [1.54, 1.807) is 7.11 Å². The molecule has 1 aromatic rings. The number of ether oxygens (including phenoxy) is 1. The van der Waals surface area contributed by atoms with Crippen LogP contribution in [0, 0.1) is 0 Å². The van der Waals surface area contributed by atoms with E-state index in [1.165, 1.54) is 0 Å². The van der Waals surface area contributed by atoms with Gasteiger partial charge in [-0.05, 0) is 12.8 Å². The first kappa shape index (κ1) is 10.6. The number of hydrogen-bond acceptors (Lipinski definition) is 4. The van der Waals surface area contributed by atoms with Gasteiger partial charge in [0.15, 0.2) is 5.82 Å². The van der Waals surface area contributed by atoms with Crippen LogP contribution in [0.2, 0.25) is 0 Å². The summed E-state index contributed by atoms with van der Waals surface area (Å²) in [6, 6.07) is 0. The SMILES string of the molecule is COCCc1nc2n(n1)CCCC2CO. The molecule has 0 radical (unpaired) electrons. The van der Waals surface area contributed by atoms with Gasteiger partial charge in [0.2, 0.25) is 0 Å². The van der Waals surface area contributed by atoms with Crippen LogP contribution in [0.1, 0.15) is 30.4 Å². The first-order valence-electron chi connectivity index (χ1n) is 5.38. The van der Waals surface area contributed by atoms with Gasteiger partial charge in [0.1, 0.15) is 5.82 Å². The predicted octanol–water partition coefficient (Wildman–Crippen LogP) is 0.337. The Morgan fingerprint density at radius 3 is 3.20 bits per heavy atom. The Morgan fingerprint density at radius 2 is 2.47 bits per heavy atom. The minimum Gasteiger partial charge on any atom is -0.396 e. The third kappa shape index (κ3) is 2.18. The molecule has 1 unspecified atom stereocenters. The zero-order valence-corrected chi connectivity index (χ0v) is 9.02. The number of nitrogens with zero attached hydrogens (tertiary/aromatic N) is 3. The van der Waals surface area contributed by atoms with Gasteiger partial charge in [-0.25, -0.2) is 9.67 Å². The second-order valence-corrected chi connectivity index (χ2v) is 3.87. The minimum atomic E-state index is 0.169. The summed E-state index contributed by atoms with van der Waals surface area (Å²) in [5, 5.41) is 13.6. The Labute approximate surface area is 89.1 Å². The van der Waals surface area contributed by atoms with Crippen molar-refractivity contribution < 1.29 is 9.84 Å². The summed E-state index contributed by atoms with van der Waals surface area (Å²) in [4.78, 5) is 4.45. The quantitative estimate of drug-likeness (QED) is 0.780. The number of hydrogen-bond donors (Lipinski definition) is 1. The lowest BCUT2D eigenvalue weighted by Gasteiger charge is -2.19.